The molecule has 6 nitrogen and oxygen atoms in total. The molecular formula is C16H17N5OS. The summed E-state index contributed by atoms with van der Waals surface area (Å²) < 4.78 is 5.95. The lowest BCUT2D eigenvalue weighted by Gasteiger charge is -2.33. The van der Waals surface area contributed by atoms with Crippen LogP contribution in [0, 0.1) is 11.3 Å². The number of nitrogens with zero attached hydrogens (tertiary/aromatic N) is 5. The van der Waals surface area contributed by atoms with Crippen LogP contribution in [-0.2, 0) is 0 Å². The van der Waals surface area contributed by atoms with Gasteiger partial charge in [0.05, 0.1) is 12.4 Å². The maximum Gasteiger partial charge on any atom is 0.189 e. The van der Waals surface area contributed by atoms with Crippen LogP contribution in [0.2, 0.25) is 0 Å². The number of anilines is 1. The molecule has 1 aliphatic heterocycles. The summed E-state index contributed by atoms with van der Waals surface area (Å²) in [6, 6.07) is 5.97. The van der Waals surface area contributed by atoms with Gasteiger partial charge in [0.15, 0.2) is 11.0 Å². The fourth-order valence-electron chi connectivity index (χ4n) is 2.57. The number of nitriles is 1. The number of rotatable bonds is 4. The van der Waals surface area contributed by atoms with E-state index >= 15 is 0 Å². The summed E-state index contributed by atoms with van der Waals surface area (Å²) in [5.74, 6) is 1.53. The van der Waals surface area contributed by atoms with Crippen molar-refractivity contribution >= 4 is 17.6 Å². The predicted molar refractivity (Wildman–Crippen MR) is 88.6 cm³/mol. The molecule has 0 spiro atoms. The highest BCUT2D eigenvalue weighted by Crippen LogP contribution is 2.25. The average molecular weight is 327 g/mol. The summed E-state index contributed by atoms with van der Waals surface area (Å²) in [6.45, 7) is 1.62. The van der Waals surface area contributed by atoms with Gasteiger partial charge in [-0.05, 0) is 18.4 Å². The lowest BCUT2D eigenvalue weighted by atomic mass is 10.1. The first-order chi connectivity index (χ1) is 11.3. The Labute approximate surface area is 139 Å². The van der Waals surface area contributed by atoms with Gasteiger partial charge in [0.25, 0.3) is 0 Å². The number of hydrogen-bond donors (Lipinski definition) is 0. The second kappa shape index (κ2) is 7.29. The van der Waals surface area contributed by atoms with Crippen LogP contribution < -0.4 is 9.64 Å². The third kappa shape index (κ3) is 3.71. The molecule has 0 saturated carbocycles. The minimum absolute atomic E-state index is 0.169. The normalized spacial score (nSPS) is 15.2. The highest BCUT2D eigenvalue weighted by atomic mass is 32.2. The van der Waals surface area contributed by atoms with E-state index in [1.807, 2.05) is 18.4 Å². The fourth-order valence-corrected chi connectivity index (χ4v) is 2.91. The van der Waals surface area contributed by atoms with Crippen LogP contribution in [0.1, 0.15) is 18.4 Å². The van der Waals surface area contributed by atoms with Crippen LogP contribution in [0.25, 0.3) is 0 Å². The molecule has 1 saturated heterocycles. The molecule has 1 fully saturated rings. The van der Waals surface area contributed by atoms with Crippen molar-refractivity contribution in [1.82, 2.24) is 15.0 Å². The summed E-state index contributed by atoms with van der Waals surface area (Å²) in [5, 5.41) is 9.95. The fraction of sp³-hybridized carbons (Fsp3) is 0.375. The molecule has 0 atom stereocenters. The number of ether oxygens (including phenoxy) is 1. The number of piperidine rings is 1. The van der Waals surface area contributed by atoms with Gasteiger partial charge in [0.1, 0.15) is 23.5 Å². The van der Waals surface area contributed by atoms with Crippen molar-refractivity contribution < 1.29 is 4.74 Å². The van der Waals surface area contributed by atoms with Crippen LogP contribution >= 0.6 is 11.8 Å². The Bertz CT molecular complexity index is 695. The van der Waals surface area contributed by atoms with Gasteiger partial charge < -0.3 is 9.64 Å². The predicted octanol–water partition coefficient (Wildman–Crippen LogP) is 2.51. The molecule has 3 heterocycles. The van der Waals surface area contributed by atoms with Gasteiger partial charge >= 0.3 is 0 Å². The summed E-state index contributed by atoms with van der Waals surface area (Å²) in [4.78, 5) is 14.9. The molecule has 0 aliphatic carbocycles. The van der Waals surface area contributed by atoms with E-state index in [-0.39, 0.29) is 6.10 Å². The van der Waals surface area contributed by atoms with Crippen molar-refractivity contribution in [3.63, 3.8) is 0 Å². The highest BCUT2D eigenvalue weighted by Gasteiger charge is 2.23. The number of pyridine rings is 1. The first-order valence-corrected chi connectivity index (χ1v) is 8.65. The maximum atomic E-state index is 9.26. The topological polar surface area (TPSA) is 74.9 Å². The van der Waals surface area contributed by atoms with Gasteiger partial charge in [-0.2, -0.15) is 5.26 Å². The molecule has 0 amide bonds. The zero-order valence-electron chi connectivity index (χ0n) is 12.8. The van der Waals surface area contributed by atoms with Gasteiger partial charge in [-0.15, -0.1) is 0 Å². The minimum Gasteiger partial charge on any atom is -0.489 e. The Morgan fingerprint density at radius 2 is 2.17 bits per heavy atom. The van der Waals surface area contributed by atoms with Gasteiger partial charge in [-0.25, -0.2) is 9.97 Å². The third-order valence-electron chi connectivity index (χ3n) is 3.73. The average Bonchev–Trinajstić information content (AvgIpc) is 2.62. The monoisotopic (exact) mass is 327 g/mol. The van der Waals surface area contributed by atoms with Crippen molar-refractivity contribution in [3.05, 3.63) is 36.3 Å². The molecule has 0 N–H and O–H groups in total. The standard InChI is InChI=1S/C16H17N5OS/c1-23-16-19-10-12(9-17)15(20-16)21-7-4-13(5-8-21)22-14-3-2-6-18-11-14/h2-3,6,10-11,13H,4-5,7-8H2,1H3. The third-order valence-corrected chi connectivity index (χ3v) is 4.29. The molecule has 0 unspecified atom stereocenters. The van der Waals surface area contributed by atoms with E-state index in [2.05, 4.69) is 25.9 Å². The minimum atomic E-state index is 0.169. The number of aromatic nitrogens is 3. The lowest BCUT2D eigenvalue weighted by molar-refractivity contribution is 0.170. The van der Waals surface area contributed by atoms with Crippen LogP contribution in [0.5, 0.6) is 5.75 Å². The molecule has 0 radical (unpaired) electrons. The van der Waals surface area contributed by atoms with E-state index < -0.39 is 0 Å². The van der Waals surface area contributed by atoms with E-state index in [1.54, 1.807) is 18.6 Å². The quantitative estimate of drug-likeness (QED) is 0.631. The van der Waals surface area contributed by atoms with Crippen LogP contribution in [0.3, 0.4) is 0 Å². The van der Waals surface area contributed by atoms with Gasteiger partial charge in [0.2, 0.25) is 0 Å². The van der Waals surface area contributed by atoms with Crippen LogP contribution in [0.4, 0.5) is 5.82 Å². The number of thioether (sulfide) groups is 1. The molecular weight excluding hydrogens is 310 g/mol. The Hall–Kier alpha value is -2.33. The van der Waals surface area contributed by atoms with Crippen molar-refractivity contribution in [2.45, 2.75) is 24.1 Å². The summed E-state index contributed by atoms with van der Waals surface area (Å²) >= 11 is 1.48. The van der Waals surface area contributed by atoms with Gasteiger partial charge in [-0.3, -0.25) is 4.98 Å². The molecule has 2 aromatic rings. The second-order valence-corrected chi connectivity index (χ2v) is 5.97. The van der Waals surface area contributed by atoms with Gasteiger partial charge in [-0.1, -0.05) is 11.8 Å². The summed E-state index contributed by atoms with van der Waals surface area (Å²) in [5.41, 5.74) is 0.523. The first-order valence-electron chi connectivity index (χ1n) is 7.43. The molecule has 0 bridgehead atoms. The molecule has 118 valence electrons. The van der Waals surface area contributed by atoms with E-state index in [0.717, 1.165) is 37.5 Å². The molecule has 3 rings (SSSR count). The lowest BCUT2D eigenvalue weighted by Crippen LogP contribution is -2.39. The van der Waals surface area contributed by atoms with E-state index in [4.69, 9.17) is 4.74 Å². The van der Waals surface area contributed by atoms with Crippen molar-refractivity contribution in [2.24, 2.45) is 0 Å². The molecule has 0 aromatic carbocycles. The molecule has 7 heteroatoms. The molecule has 23 heavy (non-hydrogen) atoms. The molecule has 1 aliphatic rings. The van der Waals surface area contributed by atoms with Crippen LogP contribution in [0.15, 0.2) is 35.9 Å². The van der Waals surface area contributed by atoms with Crippen molar-refractivity contribution in [2.75, 3.05) is 24.2 Å². The van der Waals surface area contributed by atoms with E-state index in [1.165, 1.54) is 11.8 Å². The SMILES string of the molecule is CSc1ncc(C#N)c(N2CCC(Oc3cccnc3)CC2)n1. The Morgan fingerprint density at radius 3 is 2.83 bits per heavy atom. The molecule has 2 aromatic heterocycles. The van der Waals surface area contributed by atoms with Gasteiger partial charge in [0, 0.05) is 32.1 Å². The smallest absolute Gasteiger partial charge is 0.189 e. The first kappa shape index (κ1) is 15.6. The Morgan fingerprint density at radius 1 is 1.35 bits per heavy atom. The largest absolute Gasteiger partial charge is 0.489 e. The summed E-state index contributed by atoms with van der Waals surface area (Å²) in [7, 11) is 0. The Balaban J connectivity index is 1.66. The van der Waals surface area contributed by atoms with E-state index in [9.17, 15) is 5.26 Å². The summed E-state index contributed by atoms with van der Waals surface area (Å²) in [6.07, 6.45) is 8.94. The van der Waals surface area contributed by atoms with E-state index in [0.29, 0.717) is 10.7 Å². The maximum absolute atomic E-state index is 9.26. The highest BCUT2D eigenvalue weighted by molar-refractivity contribution is 7.98. The zero-order valence-corrected chi connectivity index (χ0v) is 13.7. The van der Waals surface area contributed by atoms with Crippen molar-refractivity contribution in [3.8, 4) is 11.8 Å². The van der Waals surface area contributed by atoms with Crippen molar-refractivity contribution in [1.29, 1.82) is 5.26 Å². The second-order valence-electron chi connectivity index (χ2n) is 5.20. The van der Waals surface area contributed by atoms with Crippen LogP contribution in [-0.4, -0.2) is 40.4 Å². The Kier molecular flexibility index (Phi) is 4.93. The number of hydrogen-bond acceptors (Lipinski definition) is 7. The zero-order chi connectivity index (χ0) is 16.1.